The third-order valence-corrected chi connectivity index (χ3v) is 4.17. The van der Waals surface area contributed by atoms with Gasteiger partial charge in [0.2, 0.25) is 0 Å². The topological polar surface area (TPSA) is 57.6 Å². The first-order chi connectivity index (χ1) is 9.60. The molecule has 0 unspecified atom stereocenters. The summed E-state index contributed by atoms with van der Waals surface area (Å²) < 4.78 is 0. The van der Waals surface area contributed by atoms with Crippen LogP contribution in [0.5, 0.6) is 0 Å². The van der Waals surface area contributed by atoms with Gasteiger partial charge in [0.05, 0.1) is 17.1 Å². The monoisotopic (exact) mass is 291 g/mol. The minimum absolute atomic E-state index is 0.0249. The molecule has 2 rings (SSSR count). The second-order valence-corrected chi connectivity index (χ2v) is 5.60. The van der Waals surface area contributed by atoms with Crippen LogP contribution < -0.4 is 0 Å². The third-order valence-electron chi connectivity index (χ3n) is 3.12. The number of nitrogens with zero attached hydrogens (tertiary/aromatic N) is 1. The highest BCUT2D eigenvalue weighted by Gasteiger charge is 2.37. The lowest BCUT2D eigenvalue weighted by atomic mass is 10.0. The molecule has 2 amide bonds. The number of likely N-dealkylation sites (N-methyl/N-ethyl adjacent to an activating group) is 1. The quantitative estimate of drug-likeness (QED) is 0.841. The molecule has 1 aliphatic rings. The van der Waals surface area contributed by atoms with Gasteiger partial charge in [-0.3, -0.25) is 14.5 Å². The zero-order valence-electron chi connectivity index (χ0n) is 11.5. The zero-order chi connectivity index (χ0) is 14.7. The van der Waals surface area contributed by atoms with E-state index < -0.39 is 0 Å². The SMILES string of the molecule is CCN1C(=O)C(SCCO)=C(c2ccc(C)cc2)C1=O. The number of imide groups is 1. The van der Waals surface area contributed by atoms with Gasteiger partial charge in [-0.1, -0.05) is 29.8 Å². The van der Waals surface area contributed by atoms with Crippen molar-refractivity contribution in [2.75, 3.05) is 18.9 Å². The minimum Gasteiger partial charge on any atom is -0.396 e. The van der Waals surface area contributed by atoms with Crippen molar-refractivity contribution in [2.45, 2.75) is 13.8 Å². The number of amides is 2. The van der Waals surface area contributed by atoms with Crippen molar-refractivity contribution in [3.8, 4) is 0 Å². The molecule has 0 saturated carbocycles. The smallest absolute Gasteiger partial charge is 0.267 e. The van der Waals surface area contributed by atoms with E-state index in [9.17, 15) is 9.59 Å². The lowest BCUT2D eigenvalue weighted by molar-refractivity contribution is -0.136. The second-order valence-electron chi connectivity index (χ2n) is 4.50. The van der Waals surface area contributed by atoms with E-state index in [-0.39, 0.29) is 18.4 Å². The number of rotatable bonds is 5. The van der Waals surface area contributed by atoms with E-state index in [1.165, 1.54) is 16.7 Å². The summed E-state index contributed by atoms with van der Waals surface area (Å²) in [4.78, 5) is 26.3. The molecule has 4 nitrogen and oxygen atoms in total. The van der Waals surface area contributed by atoms with Gasteiger partial charge >= 0.3 is 0 Å². The van der Waals surface area contributed by atoms with Gasteiger partial charge in [-0.05, 0) is 19.4 Å². The molecule has 1 aliphatic heterocycles. The average Bonchev–Trinajstić information content (AvgIpc) is 2.68. The number of aliphatic hydroxyl groups is 1. The molecule has 5 heteroatoms. The maximum Gasteiger partial charge on any atom is 0.267 e. The van der Waals surface area contributed by atoms with E-state index in [2.05, 4.69) is 0 Å². The molecule has 20 heavy (non-hydrogen) atoms. The van der Waals surface area contributed by atoms with Gasteiger partial charge in [-0.25, -0.2) is 0 Å². The molecule has 0 bridgehead atoms. The molecule has 1 heterocycles. The van der Waals surface area contributed by atoms with Gasteiger partial charge in [0, 0.05) is 12.3 Å². The highest BCUT2D eigenvalue weighted by Crippen LogP contribution is 2.35. The number of hydrogen-bond donors (Lipinski definition) is 1. The Morgan fingerprint density at radius 2 is 1.80 bits per heavy atom. The van der Waals surface area contributed by atoms with Gasteiger partial charge in [0.1, 0.15) is 0 Å². The van der Waals surface area contributed by atoms with Gasteiger partial charge in [-0.2, -0.15) is 0 Å². The van der Waals surface area contributed by atoms with Gasteiger partial charge in [-0.15, -0.1) is 11.8 Å². The maximum atomic E-state index is 12.4. The third kappa shape index (κ3) is 2.64. The van der Waals surface area contributed by atoms with Crippen molar-refractivity contribution >= 4 is 29.1 Å². The summed E-state index contributed by atoms with van der Waals surface area (Å²) in [5, 5.41) is 8.94. The zero-order valence-corrected chi connectivity index (χ0v) is 12.4. The van der Waals surface area contributed by atoms with Crippen molar-refractivity contribution in [3.63, 3.8) is 0 Å². The summed E-state index contributed by atoms with van der Waals surface area (Å²) >= 11 is 1.24. The fraction of sp³-hybridized carbons (Fsp3) is 0.333. The number of benzene rings is 1. The van der Waals surface area contributed by atoms with Crippen LogP contribution >= 0.6 is 11.8 Å². The van der Waals surface area contributed by atoms with Crippen molar-refractivity contribution < 1.29 is 14.7 Å². The Labute approximate surface area is 122 Å². The minimum atomic E-state index is -0.258. The van der Waals surface area contributed by atoms with Crippen LogP contribution in [0.3, 0.4) is 0 Å². The van der Waals surface area contributed by atoms with E-state index in [1.807, 2.05) is 31.2 Å². The van der Waals surface area contributed by atoms with Crippen molar-refractivity contribution in [3.05, 3.63) is 40.3 Å². The molecular formula is C15H17NO3S. The van der Waals surface area contributed by atoms with E-state index in [1.54, 1.807) is 6.92 Å². The first-order valence-corrected chi connectivity index (χ1v) is 7.49. The normalized spacial score (nSPS) is 15.4. The lowest BCUT2D eigenvalue weighted by Gasteiger charge is -2.11. The van der Waals surface area contributed by atoms with E-state index >= 15 is 0 Å². The van der Waals surface area contributed by atoms with Crippen LogP contribution in [0.1, 0.15) is 18.1 Å². The summed E-state index contributed by atoms with van der Waals surface area (Å²) in [6.45, 7) is 4.08. The van der Waals surface area contributed by atoms with E-state index in [0.717, 1.165) is 11.1 Å². The molecule has 0 fully saturated rings. The molecule has 106 valence electrons. The Hall–Kier alpha value is -1.59. The Morgan fingerprint density at radius 1 is 1.15 bits per heavy atom. The number of aryl methyl sites for hydroxylation is 1. The first kappa shape index (κ1) is 14.8. The summed E-state index contributed by atoms with van der Waals surface area (Å²) in [5.74, 6) is -0.102. The molecule has 1 aromatic carbocycles. The van der Waals surface area contributed by atoms with Crippen molar-refractivity contribution in [2.24, 2.45) is 0 Å². The van der Waals surface area contributed by atoms with Crippen LogP contribution in [0, 0.1) is 6.92 Å². The van der Waals surface area contributed by atoms with Crippen LogP contribution in [0.15, 0.2) is 29.2 Å². The molecule has 0 atom stereocenters. The van der Waals surface area contributed by atoms with Crippen LogP contribution in [0.2, 0.25) is 0 Å². The number of aliphatic hydroxyl groups excluding tert-OH is 1. The largest absolute Gasteiger partial charge is 0.396 e. The summed E-state index contributed by atoms with van der Waals surface area (Å²) in [6, 6.07) is 7.55. The standard InChI is InChI=1S/C15H17NO3S/c1-3-16-14(18)12(11-6-4-10(2)5-7-11)13(15(16)19)20-9-8-17/h4-7,17H,3,8-9H2,1-2H3. The maximum absolute atomic E-state index is 12.4. The van der Waals surface area contributed by atoms with Gasteiger partial charge in [0.15, 0.2) is 0 Å². The van der Waals surface area contributed by atoms with Crippen LogP contribution in [0.4, 0.5) is 0 Å². The van der Waals surface area contributed by atoms with E-state index in [0.29, 0.717) is 22.8 Å². The Bertz CT molecular complexity index is 563. The van der Waals surface area contributed by atoms with Crippen LogP contribution in [-0.2, 0) is 9.59 Å². The second kappa shape index (κ2) is 6.24. The summed E-state index contributed by atoms with van der Waals surface area (Å²) in [6.07, 6.45) is 0. The Balaban J connectivity index is 2.46. The van der Waals surface area contributed by atoms with Gasteiger partial charge in [0.25, 0.3) is 11.8 Å². The molecule has 0 aliphatic carbocycles. The lowest BCUT2D eigenvalue weighted by Crippen LogP contribution is -2.31. The Morgan fingerprint density at radius 3 is 2.35 bits per heavy atom. The first-order valence-electron chi connectivity index (χ1n) is 6.51. The predicted octanol–water partition coefficient (Wildman–Crippen LogP) is 1.82. The fourth-order valence-corrected chi connectivity index (χ4v) is 2.98. The Kier molecular flexibility index (Phi) is 4.62. The summed E-state index contributed by atoms with van der Waals surface area (Å²) in [5.41, 5.74) is 2.31. The molecule has 0 spiro atoms. The number of thioether (sulfide) groups is 1. The van der Waals surface area contributed by atoms with Gasteiger partial charge < -0.3 is 5.11 Å². The molecular weight excluding hydrogens is 274 g/mol. The summed E-state index contributed by atoms with van der Waals surface area (Å²) in [7, 11) is 0. The number of hydrogen-bond acceptors (Lipinski definition) is 4. The van der Waals surface area contributed by atoms with Crippen molar-refractivity contribution in [1.29, 1.82) is 0 Å². The number of carbonyl (C=O) groups excluding carboxylic acids is 2. The predicted molar refractivity (Wildman–Crippen MR) is 80.0 cm³/mol. The average molecular weight is 291 g/mol. The molecule has 0 saturated heterocycles. The number of carbonyl (C=O) groups is 2. The van der Waals surface area contributed by atoms with E-state index in [4.69, 9.17) is 5.11 Å². The molecule has 1 N–H and O–H groups in total. The van der Waals surface area contributed by atoms with Crippen molar-refractivity contribution in [1.82, 2.24) is 4.90 Å². The molecule has 0 aromatic heterocycles. The highest BCUT2D eigenvalue weighted by atomic mass is 32.2. The molecule has 1 aromatic rings. The molecule has 0 radical (unpaired) electrons. The van der Waals surface area contributed by atoms with Crippen LogP contribution in [0.25, 0.3) is 5.57 Å². The fourth-order valence-electron chi connectivity index (χ4n) is 2.10. The highest BCUT2D eigenvalue weighted by molar-refractivity contribution is 8.04. The van der Waals surface area contributed by atoms with Crippen LogP contribution in [-0.4, -0.2) is 40.7 Å².